The van der Waals surface area contributed by atoms with Gasteiger partial charge < -0.3 is 26.4 Å². The van der Waals surface area contributed by atoms with Gasteiger partial charge in [-0.3, -0.25) is 24.1 Å². The number of fused-ring (bicyclic) bond motifs is 1. The van der Waals surface area contributed by atoms with Crippen LogP contribution in [-0.2, 0) is 30.5 Å². The van der Waals surface area contributed by atoms with Crippen molar-refractivity contribution in [2.24, 2.45) is 5.73 Å². The van der Waals surface area contributed by atoms with Crippen LogP contribution in [0.4, 0.5) is 0 Å². The second-order valence-corrected chi connectivity index (χ2v) is 7.92. The van der Waals surface area contributed by atoms with Crippen LogP contribution in [0.1, 0.15) is 19.4 Å². The number of amides is 4. The van der Waals surface area contributed by atoms with Crippen molar-refractivity contribution in [2.75, 3.05) is 39.4 Å². The normalized spacial score (nSPS) is 14.3. The van der Waals surface area contributed by atoms with Crippen molar-refractivity contribution in [1.82, 2.24) is 20.9 Å². The summed E-state index contributed by atoms with van der Waals surface area (Å²) in [6.07, 6.45) is 0. The Labute approximate surface area is 199 Å². The maximum atomic E-state index is 12.4. The Hall–Kier alpha value is -3.50. The Balaban J connectivity index is 0.000000945. The van der Waals surface area contributed by atoms with Gasteiger partial charge in [0.2, 0.25) is 23.6 Å². The molecule has 10 heteroatoms. The monoisotopic (exact) mass is 471 g/mol. The molecule has 1 fully saturated rings. The van der Waals surface area contributed by atoms with Crippen molar-refractivity contribution in [3.05, 3.63) is 48.0 Å². The smallest absolute Gasteiger partial charge is 0.242 e. The maximum Gasteiger partial charge on any atom is 0.242 e. The molecule has 3 rings (SSSR count). The van der Waals surface area contributed by atoms with Gasteiger partial charge in [0.05, 0.1) is 26.3 Å². The minimum absolute atomic E-state index is 0.163. The highest BCUT2D eigenvalue weighted by Crippen LogP contribution is 2.18. The molecule has 0 spiro atoms. The molecule has 34 heavy (non-hydrogen) atoms. The van der Waals surface area contributed by atoms with Crippen LogP contribution in [0.15, 0.2) is 42.5 Å². The molecule has 184 valence electrons. The maximum absolute atomic E-state index is 12.4. The molecule has 1 atom stereocenters. The molecule has 0 aromatic heterocycles. The lowest BCUT2D eigenvalue weighted by atomic mass is 10.0. The fourth-order valence-electron chi connectivity index (χ4n) is 3.34. The number of hydrogen-bond donors (Lipinski definition) is 4. The summed E-state index contributed by atoms with van der Waals surface area (Å²) in [7, 11) is 0. The Morgan fingerprint density at radius 1 is 1.00 bits per heavy atom. The molecule has 0 bridgehead atoms. The van der Waals surface area contributed by atoms with Crippen molar-refractivity contribution in [2.45, 2.75) is 26.4 Å². The number of ether oxygens (including phenoxy) is 1. The Bertz CT molecular complexity index is 981. The number of hydrogen-bond acceptors (Lipinski definition) is 6. The third-order valence-electron chi connectivity index (χ3n) is 5.02. The number of carbonyl (C=O) groups is 4. The number of nitrogens with zero attached hydrogens (tertiary/aromatic N) is 1. The molecule has 0 aliphatic carbocycles. The average Bonchev–Trinajstić information content (AvgIpc) is 2.81. The Kier molecular flexibility index (Phi) is 10.9. The van der Waals surface area contributed by atoms with Crippen molar-refractivity contribution in [1.29, 1.82) is 0 Å². The van der Waals surface area contributed by atoms with E-state index in [-0.39, 0.29) is 30.8 Å². The van der Waals surface area contributed by atoms with Gasteiger partial charge in [-0.05, 0) is 23.3 Å². The molecule has 2 aromatic rings. The first kappa shape index (κ1) is 26.7. The highest BCUT2D eigenvalue weighted by atomic mass is 16.5. The molecule has 1 aliphatic rings. The summed E-state index contributed by atoms with van der Waals surface area (Å²) < 4.78 is 5.24. The van der Waals surface area contributed by atoms with E-state index < -0.39 is 11.9 Å². The zero-order chi connectivity index (χ0) is 24.9. The lowest BCUT2D eigenvalue weighted by molar-refractivity contribution is -0.130. The number of nitrogens with two attached hydrogens (primary N) is 1. The number of rotatable bonds is 8. The van der Waals surface area contributed by atoms with E-state index >= 15 is 0 Å². The Morgan fingerprint density at radius 2 is 1.65 bits per heavy atom. The first-order valence-electron chi connectivity index (χ1n) is 11.1. The lowest BCUT2D eigenvalue weighted by Gasteiger charge is -2.25. The van der Waals surface area contributed by atoms with Gasteiger partial charge in [0.1, 0.15) is 6.04 Å². The molecule has 0 radical (unpaired) electrons. The summed E-state index contributed by atoms with van der Waals surface area (Å²) in [6, 6.07) is 13.2. The minimum atomic E-state index is -0.705. The van der Waals surface area contributed by atoms with Crippen molar-refractivity contribution < 1.29 is 23.9 Å². The molecule has 1 aliphatic heterocycles. The summed E-state index contributed by atoms with van der Waals surface area (Å²) in [5, 5.41) is 10.2. The molecule has 10 nitrogen and oxygen atoms in total. The van der Waals surface area contributed by atoms with E-state index in [4.69, 9.17) is 4.74 Å². The summed E-state index contributed by atoms with van der Waals surface area (Å²) >= 11 is 0. The zero-order valence-corrected chi connectivity index (χ0v) is 19.6. The second kappa shape index (κ2) is 13.9. The van der Waals surface area contributed by atoms with Crippen molar-refractivity contribution >= 4 is 34.4 Å². The van der Waals surface area contributed by atoms with E-state index in [1.165, 1.54) is 6.92 Å². The van der Waals surface area contributed by atoms with Crippen LogP contribution in [0.5, 0.6) is 0 Å². The summed E-state index contributed by atoms with van der Waals surface area (Å²) in [5.74, 6) is -1.24. The van der Waals surface area contributed by atoms with Crippen LogP contribution in [0.2, 0.25) is 0 Å². The molecular formula is C24H33N5O5. The molecule has 0 saturated carbocycles. The average molecular weight is 472 g/mol. The SMILES string of the molecule is CC(N)=O.CC(NC(=O)CNC(=O)CN1CCOCC1)C(=O)NCc1cccc2ccccc12. The van der Waals surface area contributed by atoms with Gasteiger partial charge in [-0.1, -0.05) is 42.5 Å². The largest absolute Gasteiger partial charge is 0.379 e. The highest BCUT2D eigenvalue weighted by molar-refractivity contribution is 5.90. The van der Waals surface area contributed by atoms with E-state index in [0.717, 1.165) is 16.3 Å². The van der Waals surface area contributed by atoms with Gasteiger partial charge in [0.15, 0.2) is 0 Å². The molecular weight excluding hydrogens is 438 g/mol. The first-order valence-corrected chi connectivity index (χ1v) is 11.1. The van der Waals surface area contributed by atoms with E-state index in [0.29, 0.717) is 32.8 Å². The van der Waals surface area contributed by atoms with Gasteiger partial charge in [0.25, 0.3) is 0 Å². The summed E-state index contributed by atoms with van der Waals surface area (Å²) in [6.45, 7) is 5.99. The highest BCUT2D eigenvalue weighted by Gasteiger charge is 2.17. The minimum Gasteiger partial charge on any atom is -0.379 e. The molecule has 2 aromatic carbocycles. The molecule has 1 saturated heterocycles. The summed E-state index contributed by atoms with van der Waals surface area (Å²) in [5.41, 5.74) is 5.48. The zero-order valence-electron chi connectivity index (χ0n) is 19.6. The van der Waals surface area contributed by atoms with E-state index in [1.807, 2.05) is 47.4 Å². The third-order valence-corrected chi connectivity index (χ3v) is 5.02. The quantitative estimate of drug-likeness (QED) is 0.423. The van der Waals surface area contributed by atoms with Gasteiger partial charge in [0, 0.05) is 26.6 Å². The van der Waals surface area contributed by atoms with Crippen LogP contribution in [0.25, 0.3) is 10.8 Å². The van der Waals surface area contributed by atoms with Crippen LogP contribution >= 0.6 is 0 Å². The third kappa shape index (κ3) is 9.55. The van der Waals surface area contributed by atoms with Crippen LogP contribution in [-0.4, -0.2) is 74.0 Å². The summed E-state index contributed by atoms with van der Waals surface area (Å²) in [4.78, 5) is 47.6. The van der Waals surface area contributed by atoms with Crippen LogP contribution < -0.4 is 21.7 Å². The first-order chi connectivity index (χ1) is 16.3. The number of nitrogens with one attached hydrogen (secondary N) is 3. The fraction of sp³-hybridized carbons (Fsp3) is 0.417. The molecule has 1 unspecified atom stereocenters. The lowest BCUT2D eigenvalue weighted by Crippen LogP contribution is -2.49. The van der Waals surface area contributed by atoms with E-state index in [9.17, 15) is 19.2 Å². The van der Waals surface area contributed by atoms with Gasteiger partial charge >= 0.3 is 0 Å². The van der Waals surface area contributed by atoms with E-state index in [1.54, 1.807) is 6.92 Å². The number of benzene rings is 2. The number of carbonyl (C=O) groups excluding carboxylic acids is 4. The van der Waals surface area contributed by atoms with Crippen LogP contribution in [0.3, 0.4) is 0 Å². The Morgan fingerprint density at radius 3 is 2.35 bits per heavy atom. The molecule has 5 N–H and O–H groups in total. The predicted molar refractivity (Wildman–Crippen MR) is 129 cm³/mol. The number of primary amides is 1. The molecule has 1 heterocycles. The van der Waals surface area contributed by atoms with Gasteiger partial charge in [-0.2, -0.15) is 0 Å². The van der Waals surface area contributed by atoms with Crippen molar-refractivity contribution in [3.63, 3.8) is 0 Å². The molecule has 4 amide bonds. The number of morpholine rings is 1. The topological polar surface area (TPSA) is 143 Å². The van der Waals surface area contributed by atoms with Gasteiger partial charge in [-0.25, -0.2) is 0 Å². The fourth-order valence-corrected chi connectivity index (χ4v) is 3.34. The van der Waals surface area contributed by atoms with E-state index in [2.05, 4.69) is 21.7 Å². The predicted octanol–water partition coefficient (Wildman–Crippen LogP) is -0.0993. The van der Waals surface area contributed by atoms with Crippen molar-refractivity contribution in [3.8, 4) is 0 Å². The second-order valence-electron chi connectivity index (χ2n) is 7.92. The van der Waals surface area contributed by atoms with Gasteiger partial charge in [-0.15, -0.1) is 0 Å². The van der Waals surface area contributed by atoms with Crippen LogP contribution in [0, 0.1) is 0 Å². The standard InChI is InChI=1S/C22H28N4O4.C2H5NO/c1-16(25-20(27)14-23-21(28)15-26-9-11-30-12-10-26)22(29)24-13-18-7-4-6-17-5-2-3-8-19(17)18;1-2(3)4/h2-8,16H,9-15H2,1H3,(H,23,28)(H,24,29)(H,25,27);1H3,(H2,3,4).